The minimum absolute atomic E-state index is 0.376. The minimum Gasteiger partial charge on any atom is -0.396 e. The molecule has 1 N–H and O–H groups in total. The molecule has 1 nitrogen and oxygen atoms in total. The topological polar surface area (TPSA) is 20.2 Å². The van der Waals surface area contributed by atoms with Gasteiger partial charge in [-0.2, -0.15) is 0 Å². The van der Waals surface area contributed by atoms with Crippen LogP contribution in [-0.2, 0) is 0 Å². The van der Waals surface area contributed by atoms with Gasteiger partial charge in [0, 0.05) is 6.61 Å². The number of unbranched alkanes of at least 4 members (excludes halogenated alkanes) is 4. The van der Waals surface area contributed by atoms with Crippen molar-refractivity contribution in [3.63, 3.8) is 0 Å². The molecule has 0 saturated carbocycles. The van der Waals surface area contributed by atoms with Gasteiger partial charge in [-0.15, -0.1) is 6.58 Å². The van der Waals surface area contributed by atoms with Gasteiger partial charge in [0.05, 0.1) is 0 Å². The van der Waals surface area contributed by atoms with Crippen LogP contribution in [-0.4, -0.2) is 11.7 Å². The van der Waals surface area contributed by atoms with Crippen LogP contribution in [0.2, 0.25) is 0 Å². The standard InChI is InChI=1S/C13H26O/c1-3-5-7-8-9-11-13(12-14)10-6-4-2/h3,13-14H,1,4-12H2,2H3. The fourth-order valence-electron chi connectivity index (χ4n) is 1.72. The molecule has 0 aromatic rings. The second kappa shape index (κ2) is 10.8. The number of hydrogen-bond donors (Lipinski definition) is 1. The lowest BCUT2D eigenvalue weighted by Crippen LogP contribution is -2.05. The molecule has 1 atom stereocenters. The van der Waals surface area contributed by atoms with Gasteiger partial charge >= 0.3 is 0 Å². The molecule has 0 spiro atoms. The Labute approximate surface area is 89.2 Å². The lowest BCUT2D eigenvalue weighted by Gasteiger charge is -2.12. The molecule has 0 aliphatic heterocycles. The Bertz CT molecular complexity index is 120. The molecule has 0 aliphatic carbocycles. The van der Waals surface area contributed by atoms with E-state index >= 15 is 0 Å². The van der Waals surface area contributed by atoms with E-state index in [0.717, 1.165) is 6.42 Å². The highest BCUT2D eigenvalue weighted by Crippen LogP contribution is 2.16. The van der Waals surface area contributed by atoms with Gasteiger partial charge < -0.3 is 5.11 Å². The van der Waals surface area contributed by atoms with Gasteiger partial charge in [0.2, 0.25) is 0 Å². The van der Waals surface area contributed by atoms with E-state index in [1.807, 2.05) is 6.08 Å². The highest BCUT2D eigenvalue weighted by atomic mass is 16.3. The first-order chi connectivity index (χ1) is 6.85. The molecule has 1 unspecified atom stereocenters. The van der Waals surface area contributed by atoms with Crippen molar-refractivity contribution in [3.8, 4) is 0 Å². The van der Waals surface area contributed by atoms with Crippen LogP contribution in [0.1, 0.15) is 58.3 Å². The van der Waals surface area contributed by atoms with Crippen molar-refractivity contribution < 1.29 is 5.11 Å². The molecule has 84 valence electrons. The van der Waals surface area contributed by atoms with E-state index < -0.39 is 0 Å². The van der Waals surface area contributed by atoms with Crippen LogP contribution in [0.5, 0.6) is 0 Å². The Morgan fingerprint density at radius 1 is 1.14 bits per heavy atom. The van der Waals surface area contributed by atoms with E-state index in [4.69, 9.17) is 5.11 Å². The summed E-state index contributed by atoms with van der Waals surface area (Å²) in [6, 6.07) is 0. The van der Waals surface area contributed by atoms with Gasteiger partial charge in [-0.25, -0.2) is 0 Å². The molecule has 0 fully saturated rings. The average Bonchev–Trinajstić information content (AvgIpc) is 2.22. The average molecular weight is 198 g/mol. The van der Waals surface area contributed by atoms with Gasteiger partial charge in [0.25, 0.3) is 0 Å². The van der Waals surface area contributed by atoms with Crippen molar-refractivity contribution in [2.45, 2.75) is 58.3 Å². The molecule has 0 aromatic heterocycles. The first-order valence-electron chi connectivity index (χ1n) is 6.06. The quantitative estimate of drug-likeness (QED) is 0.416. The summed E-state index contributed by atoms with van der Waals surface area (Å²) in [6.45, 7) is 6.29. The number of hydrogen-bond acceptors (Lipinski definition) is 1. The number of rotatable bonds is 10. The third-order valence-corrected chi connectivity index (χ3v) is 2.74. The Hall–Kier alpha value is -0.300. The van der Waals surface area contributed by atoms with Crippen molar-refractivity contribution in [2.75, 3.05) is 6.61 Å². The van der Waals surface area contributed by atoms with Crippen LogP contribution in [0.4, 0.5) is 0 Å². The summed E-state index contributed by atoms with van der Waals surface area (Å²) in [5, 5.41) is 9.14. The van der Waals surface area contributed by atoms with E-state index in [9.17, 15) is 0 Å². The smallest absolute Gasteiger partial charge is 0.0459 e. The second-order valence-corrected chi connectivity index (χ2v) is 4.12. The number of aliphatic hydroxyl groups excluding tert-OH is 1. The molecule has 0 amide bonds. The fraction of sp³-hybridized carbons (Fsp3) is 0.846. The van der Waals surface area contributed by atoms with Gasteiger partial charge in [-0.1, -0.05) is 38.7 Å². The van der Waals surface area contributed by atoms with Crippen molar-refractivity contribution in [1.29, 1.82) is 0 Å². The molecule has 1 heteroatoms. The molecule has 0 rings (SSSR count). The Morgan fingerprint density at radius 3 is 2.43 bits per heavy atom. The summed E-state index contributed by atoms with van der Waals surface area (Å²) in [5.74, 6) is 0.554. The largest absolute Gasteiger partial charge is 0.396 e. The van der Waals surface area contributed by atoms with Gasteiger partial charge in [-0.05, 0) is 31.6 Å². The first kappa shape index (κ1) is 13.7. The molecule has 0 radical (unpaired) electrons. The fourth-order valence-corrected chi connectivity index (χ4v) is 1.72. The van der Waals surface area contributed by atoms with Crippen molar-refractivity contribution in [1.82, 2.24) is 0 Å². The molecule has 0 aromatic carbocycles. The summed E-state index contributed by atoms with van der Waals surface area (Å²) >= 11 is 0. The van der Waals surface area contributed by atoms with E-state index in [2.05, 4.69) is 13.5 Å². The zero-order chi connectivity index (χ0) is 10.6. The maximum absolute atomic E-state index is 9.14. The Balaban J connectivity index is 3.28. The first-order valence-corrected chi connectivity index (χ1v) is 6.06. The lowest BCUT2D eigenvalue weighted by molar-refractivity contribution is 0.205. The van der Waals surface area contributed by atoms with E-state index in [-0.39, 0.29) is 0 Å². The van der Waals surface area contributed by atoms with Crippen LogP contribution in [0, 0.1) is 5.92 Å². The molecule has 0 saturated heterocycles. The van der Waals surface area contributed by atoms with Gasteiger partial charge in [0.15, 0.2) is 0 Å². The highest BCUT2D eigenvalue weighted by Gasteiger charge is 2.05. The van der Waals surface area contributed by atoms with Crippen LogP contribution in [0.25, 0.3) is 0 Å². The molecular formula is C13H26O. The van der Waals surface area contributed by atoms with E-state index in [0.29, 0.717) is 12.5 Å². The van der Waals surface area contributed by atoms with Gasteiger partial charge in [0.1, 0.15) is 0 Å². The molecule has 14 heavy (non-hydrogen) atoms. The Morgan fingerprint density at radius 2 is 1.86 bits per heavy atom. The van der Waals surface area contributed by atoms with Crippen LogP contribution in [0.3, 0.4) is 0 Å². The third kappa shape index (κ3) is 8.31. The normalized spacial score (nSPS) is 12.7. The predicted molar refractivity (Wildman–Crippen MR) is 63.4 cm³/mol. The minimum atomic E-state index is 0.376. The Kier molecular flexibility index (Phi) is 10.5. The SMILES string of the molecule is C=CCCCCCC(CO)CCCC. The summed E-state index contributed by atoms with van der Waals surface area (Å²) < 4.78 is 0. The summed E-state index contributed by atoms with van der Waals surface area (Å²) in [7, 11) is 0. The van der Waals surface area contributed by atoms with Crippen LogP contribution in [0.15, 0.2) is 12.7 Å². The lowest BCUT2D eigenvalue weighted by atomic mass is 9.96. The number of aliphatic hydroxyl groups is 1. The second-order valence-electron chi connectivity index (χ2n) is 4.12. The van der Waals surface area contributed by atoms with E-state index in [1.165, 1.54) is 44.9 Å². The van der Waals surface area contributed by atoms with Crippen LogP contribution < -0.4 is 0 Å². The maximum Gasteiger partial charge on any atom is 0.0459 e. The zero-order valence-corrected chi connectivity index (χ0v) is 9.67. The van der Waals surface area contributed by atoms with Crippen molar-refractivity contribution >= 4 is 0 Å². The van der Waals surface area contributed by atoms with Gasteiger partial charge in [-0.3, -0.25) is 0 Å². The van der Waals surface area contributed by atoms with Crippen molar-refractivity contribution in [3.05, 3.63) is 12.7 Å². The maximum atomic E-state index is 9.14. The molecule has 0 bridgehead atoms. The summed E-state index contributed by atoms with van der Waals surface area (Å²) in [5.41, 5.74) is 0. The summed E-state index contributed by atoms with van der Waals surface area (Å²) in [4.78, 5) is 0. The number of allylic oxidation sites excluding steroid dienone is 1. The van der Waals surface area contributed by atoms with E-state index in [1.54, 1.807) is 0 Å². The molecule has 0 heterocycles. The predicted octanol–water partition coefficient (Wildman–Crippen LogP) is 3.92. The molecule has 0 aliphatic rings. The highest BCUT2D eigenvalue weighted by molar-refractivity contribution is 4.66. The van der Waals surface area contributed by atoms with Crippen LogP contribution >= 0.6 is 0 Å². The zero-order valence-electron chi connectivity index (χ0n) is 9.67. The summed E-state index contributed by atoms with van der Waals surface area (Å²) in [6.07, 6.45) is 11.8. The van der Waals surface area contributed by atoms with Crippen molar-refractivity contribution in [2.24, 2.45) is 5.92 Å². The monoisotopic (exact) mass is 198 g/mol. The third-order valence-electron chi connectivity index (χ3n) is 2.74. The molecular weight excluding hydrogens is 172 g/mol.